The van der Waals surface area contributed by atoms with Crippen molar-refractivity contribution in [2.45, 2.75) is 33.6 Å². The highest BCUT2D eigenvalue weighted by molar-refractivity contribution is 6.19. The molecule has 36 heavy (non-hydrogen) atoms. The molecule has 2 amide bonds. The second-order valence-electron chi connectivity index (χ2n) is 8.46. The maximum Gasteiger partial charge on any atom is 0.271 e. The first kappa shape index (κ1) is 24.7. The standard InChI is InChI=1S/C29H28N4O3/c1-4-6-16-32-28(34)25(20(3)26(18-30)29(32)35)17-22-19-33(23-10-8-7-9-11-23)31-27(22)21-12-14-24(15-13-21)36-5-2/h7-15,17,19H,4-6,16H2,1-3H3/b25-17+. The molecule has 4 rings (SSSR count). The Morgan fingerprint density at radius 3 is 2.39 bits per heavy atom. The highest BCUT2D eigenvalue weighted by Crippen LogP contribution is 2.32. The van der Waals surface area contributed by atoms with Crippen molar-refractivity contribution in [3.8, 4) is 28.8 Å². The number of nitrogens with zero attached hydrogens (tertiary/aromatic N) is 4. The third-order valence-electron chi connectivity index (χ3n) is 6.06. The number of carbonyl (C=O) groups is 2. The molecular formula is C29H28N4O3. The summed E-state index contributed by atoms with van der Waals surface area (Å²) >= 11 is 0. The van der Waals surface area contributed by atoms with Crippen LogP contribution in [0.2, 0.25) is 0 Å². The third kappa shape index (κ3) is 4.84. The summed E-state index contributed by atoms with van der Waals surface area (Å²) in [4.78, 5) is 27.4. The molecule has 1 aliphatic heterocycles. The first-order valence-electron chi connectivity index (χ1n) is 12.1. The van der Waals surface area contributed by atoms with Crippen molar-refractivity contribution in [1.29, 1.82) is 5.26 Å². The fourth-order valence-electron chi connectivity index (χ4n) is 4.11. The van der Waals surface area contributed by atoms with Gasteiger partial charge in [0.15, 0.2) is 0 Å². The summed E-state index contributed by atoms with van der Waals surface area (Å²) in [7, 11) is 0. The van der Waals surface area contributed by atoms with Gasteiger partial charge in [-0.3, -0.25) is 14.5 Å². The lowest BCUT2D eigenvalue weighted by molar-refractivity contribution is -0.140. The number of carbonyl (C=O) groups excluding carboxylic acids is 2. The molecule has 0 spiro atoms. The highest BCUT2D eigenvalue weighted by atomic mass is 16.5. The van der Waals surface area contributed by atoms with Crippen LogP contribution in [-0.2, 0) is 9.59 Å². The molecule has 7 heteroatoms. The number of rotatable bonds is 8. The van der Waals surface area contributed by atoms with Crippen molar-refractivity contribution < 1.29 is 14.3 Å². The van der Waals surface area contributed by atoms with Crippen LogP contribution in [-0.4, -0.2) is 39.6 Å². The molecule has 182 valence electrons. The van der Waals surface area contributed by atoms with Crippen molar-refractivity contribution in [1.82, 2.24) is 14.7 Å². The molecule has 7 nitrogen and oxygen atoms in total. The molecule has 1 aliphatic rings. The average molecular weight is 481 g/mol. The van der Waals surface area contributed by atoms with Crippen LogP contribution in [0, 0.1) is 11.3 Å². The summed E-state index contributed by atoms with van der Waals surface area (Å²) < 4.78 is 7.33. The molecule has 0 fully saturated rings. The van der Waals surface area contributed by atoms with Gasteiger partial charge in [0.1, 0.15) is 17.4 Å². The first-order valence-corrected chi connectivity index (χ1v) is 12.1. The summed E-state index contributed by atoms with van der Waals surface area (Å²) in [6.07, 6.45) is 5.09. The molecule has 0 radical (unpaired) electrons. The van der Waals surface area contributed by atoms with Gasteiger partial charge in [-0.05, 0) is 68.3 Å². The summed E-state index contributed by atoms with van der Waals surface area (Å²) in [5, 5.41) is 14.5. The van der Waals surface area contributed by atoms with Crippen molar-refractivity contribution in [3.63, 3.8) is 0 Å². The minimum Gasteiger partial charge on any atom is -0.494 e. The van der Waals surface area contributed by atoms with E-state index < -0.39 is 11.8 Å². The Bertz CT molecular complexity index is 1380. The number of benzene rings is 2. The van der Waals surface area contributed by atoms with E-state index in [0.29, 0.717) is 35.4 Å². The van der Waals surface area contributed by atoms with Crippen molar-refractivity contribution >= 4 is 17.9 Å². The van der Waals surface area contributed by atoms with E-state index in [1.165, 1.54) is 4.90 Å². The second-order valence-corrected chi connectivity index (χ2v) is 8.46. The maximum atomic E-state index is 13.4. The van der Waals surface area contributed by atoms with E-state index in [-0.39, 0.29) is 12.1 Å². The zero-order chi connectivity index (χ0) is 25.7. The Hall–Kier alpha value is -4.44. The van der Waals surface area contributed by atoms with Crippen molar-refractivity contribution in [2.24, 2.45) is 0 Å². The van der Waals surface area contributed by atoms with E-state index in [4.69, 9.17) is 9.84 Å². The zero-order valence-corrected chi connectivity index (χ0v) is 20.7. The number of aromatic nitrogens is 2. The predicted molar refractivity (Wildman–Crippen MR) is 138 cm³/mol. The molecule has 1 aromatic heterocycles. The van der Waals surface area contributed by atoms with Gasteiger partial charge in [-0.2, -0.15) is 10.4 Å². The number of ether oxygens (including phenoxy) is 1. The molecule has 0 saturated carbocycles. The lowest BCUT2D eigenvalue weighted by Gasteiger charge is -2.27. The van der Waals surface area contributed by atoms with Crippen molar-refractivity contribution in [3.05, 3.63) is 83.1 Å². The van der Waals surface area contributed by atoms with Crippen LogP contribution in [0.5, 0.6) is 5.75 Å². The van der Waals surface area contributed by atoms with Gasteiger partial charge in [-0.1, -0.05) is 31.5 Å². The summed E-state index contributed by atoms with van der Waals surface area (Å²) in [6.45, 7) is 6.42. The normalized spacial score (nSPS) is 14.9. The van der Waals surface area contributed by atoms with Gasteiger partial charge in [-0.15, -0.1) is 0 Å². The molecule has 3 aromatic rings. The molecular weight excluding hydrogens is 452 g/mol. The lowest BCUT2D eigenvalue weighted by Crippen LogP contribution is -2.43. The van der Waals surface area contributed by atoms with Crippen LogP contribution in [0.1, 0.15) is 39.2 Å². The molecule has 2 heterocycles. The van der Waals surface area contributed by atoms with Gasteiger partial charge in [-0.25, -0.2) is 4.68 Å². The third-order valence-corrected chi connectivity index (χ3v) is 6.06. The summed E-state index contributed by atoms with van der Waals surface area (Å²) in [5.74, 6) is -0.166. The van der Waals surface area contributed by atoms with Gasteiger partial charge in [0, 0.05) is 29.4 Å². The minimum absolute atomic E-state index is 0.00461. The smallest absolute Gasteiger partial charge is 0.271 e. The molecule has 0 N–H and O–H groups in total. The van der Waals surface area contributed by atoms with E-state index in [1.54, 1.807) is 17.7 Å². The van der Waals surface area contributed by atoms with Crippen LogP contribution in [0.25, 0.3) is 23.0 Å². The minimum atomic E-state index is -0.530. The monoisotopic (exact) mass is 480 g/mol. The molecule has 0 unspecified atom stereocenters. The topological polar surface area (TPSA) is 88.2 Å². The van der Waals surface area contributed by atoms with Gasteiger partial charge >= 0.3 is 0 Å². The van der Waals surface area contributed by atoms with Crippen molar-refractivity contribution in [2.75, 3.05) is 13.2 Å². The summed E-state index contributed by atoms with van der Waals surface area (Å²) in [6, 6.07) is 19.3. The quantitative estimate of drug-likeness (QED) is 0.321. The highest BCUT2D eigenvalue weighted by Gasteiger charge is 2.35. The van der Waals surface area contributed by atoms with Gasteiger partial charge in [0.25, 0.3) is 11.8 Å². The first-order chi connectivity index (χ1) is 17.5. The predicted octanol–water partition coefficient (Wildman–Crippen LogP) is 5.33. The van der Waals surface area contributed by atoms with Gasteiger partial charge in [0.05, 0.1) is 18.0 Å². The van der Waals surface area contributed by atoms with Gasteiger partial charge in [0.2, 0.25) is 0 Å². The molecule has 0 bridgehead atoms. The fourth-order valence-corrected chi connectivity index (χ4v) is 4.11. The molecule has 2 aromatic carbocycles. The van der Waals surface area contributed by atoms with Crippen LogP contribution in [0.3, 0.4) is 0 Å². The number of amides is 2. The number of para-hydroxylation sites is 1. The lowest BCUT2D eigenvalue weighted by atomic mass is 9.93. The Morgan fingerprint density at radius 2 is 1.75 bits per heavy atom. The van der Waals surface area contributed by atoms with E-state index in [0.717, 1.165) is 23.4 Å². The molecule has 0 atom stereocenters. The zero-order valence-electron chi connectivity index (χ0n) is 20.7. The Balaban J connectivity index is 1.87. The molecule has 0 saturated heterocycles. The number of hydrogen-bond acceptors (Lipinski definition) is 5. The number of unbranched alkanes of at least 4 members (excludes halogenated alkanes) is 1. The number of imide groups is 1. The fraction of sp³-hybridized carbons (Fsp3) is 0.241. The Kier molecular flexibility index (Phi) is 7.45. The average Bonchev–Trinajstić information content (AvgIpc) is 3.32. The van der Waals surface area contributed by atoms with Crippen LogP contribution >= 0.6 is 0 Å². The molecule has 0 aliphatic carbocycles. The summed E-state index contributed by atoms with van der Waals surface area (Å²) in [5.41, 5.74) is 3.79. The number of hydrogen-bond donors (Lipinski definition) is 0. The largest absolute Gasteiger partial charge is 0.494 e. The van der Waals surface area contributed by atoms with Crippen LogP contribution < -0.4 is 4.74 Å². The van der Waals surface area contributed by atoms with Crippen LogP contribution in [0.4, 0.5) is 0 Å². The Morgan fingerprint density at radius 1 is 1.03 bits per heavy atom. The van der Waals surface area contributed by atoms with Crippen LogP contribution in [0.15, 0.2) is 77.5 Å². The SMILES string of the molecule is CCCCN1C(=O)C(C#N)=C(C)/C(=C\c2cn(-c3ccccc3)nc2-c2ccc(OCC)cc2)C1=O. The maximum absolute atomic E-state index is 13.4. The second kappa shape index (κ2) is 10.9. The number of nitriles is 1. The Labute approximate surface area is 210 Å². The van der Waals surface area contributed by atoms with E-state index in [1.807, 2.05) is 80.7 Å². The van der Waals surface area contributed by atoms with E-state index >= 15 is 0 Å². The van der Waals surface area contributed by atoms with Gasteiger partial charge < -0.3 is 4.74 Å². The van der Waals surface area contributed by atoms with E-state index in [9.17, 15) is 14.9 Å². The van der Waals surface area contributed by atoms with E-state index in [2.05, 4.69) is 0 Å².